The Hall–Kier alpha value is -2.99. The summed E-state index contributed by atoms with van der Waals surface area (Å²) in [6, 6.07) is 20.2. The Labute approximate surface area is 178 Å². The topological polar surface area (TPSA) is 64.6 Å². The molecule has 0 aromatic heterocycles. The first kappa shape index (κ1) is 21.7. The number of benzene rings is 3. The second-order valence-electron chi connectivity index (χ2n) is 7.42. The molecule has 0 saturated carbocycles. The Morgan fingerprint density at radius 3 is 2.23 bits per heavy atom. The van der Waals surface area contributed by atoms with Gasteiger partial charge in [0.1, 0.15) is 18.1 Å². The summed E-state index contributed by atoms with van der Waals surface area (Å²) in [5, 5.41) is 0. The van der Waals surface area contributed by atoms with Crippen molar-refractivity contribution >= 4 is 15.7 Å². The monoisotopic (exact) mass is 425 g/mol. The fourth-order valence-electron chi connectivity index (χ4n) is 3.17. The van der Waals surface area contributed by atoms with Crippen LogP contribution in [0.25, 0.3) is 0 Å². The lowest BCUT2D eigenvalue weighted by Gasteiger charge is -2.17. The zero-order valence-electron chi connectivity index (χ0n) is 17.7. The van der Waals surface area contributed by atoms with Gasteiger partial charge in [-0.25, -0.2) is 8.42 Å². The van der Waals surface area contributed by atoms with E-state index in [1.807, 2.05) is 44.2 Å². The van der Waals surface area contributed by atoms with E-state index in [0.717, 1.165) is 11.1 Å². The minimum absolute atomic E-state index is 0.135. The highest BCUT2D eigenvalue weighted by atomic mass is 32.2. The van der Waals surface area contributed by atoms with Crippen LogP contribution in [0.1, 0.15) is 36.5 Å². The van der Waals surface area contributed by atoms with Crippen LogP contribution in [0.2, 0.25) is 0 Å². The maximum absolute atomic E-state index is 13.0. The average molecular weight is 426 g/mol. The first-order chi connectivity index (χ1) is 14.3. The Balaban J connectivity index is 1.76. The van der Waals surface area contributed by atoms with Crippen molar-refractivity contribution in [3.8, 4) is 11.5 Å². The van der Waals surface area contributed by atoms with Crippen LogP contribution in [0, 0.1) is 6.92 Å². The number of ether oxygens (including phenoxy) is 2. The van der Waals surface area contributed by atoms with Crippen LogP contribution in [-0.4, -0.2) is 15.5 Å². The molecule has 3 rings (SSSR count). The molecular weight excluding hydrogens is 398 g/mol. The molecule has 0 radical (unpaired) electrons. The van der Waals surface area contributed by atoms with Gasteiger partial charge in [-0.3, -0.25) is 4.72 Å². The highest BCUT2D eigenvalue weighted by molar-refractivity contribution is 7.92. The van der Waals surface area contributed by atoms with Gasteiger partial charge in [0, 0.05) is 5.69 Å². The van der Waals surface area contributed by atoms with Gasteiger partial charge in [0.25, 0.3) is 10.0 Å². The maximum atomic E-state index is 13.0. The molecule has 0 unspecified atom stereocenters. The van der Waals surface area contributed by atoms with Gasteiger partial charge in [-0.05, 0) is 65.9 Å². The Bertz CT molecular complexity index is 1090. The molecule has 0 fully saturated rings. The van der Waals surface area contributed by atoms with E-state index in [2.05, 4.69) is 4.72 Å². The Morgan fingerprint density at radius 2 is 1.63 bits per heavy atom. The van der Waals surface area contributed by atoms with Gasteiger partial charge in [0.2, 0.25) is 0 Å². The van der Waals surface area contributed by atoms with Crippen molar-refractivity contribution in [1.29, 1.82) is 0 Å². The molecule has 0 heterocycles. The lowest BCUT2D eigenvalue weighted by molar-refractivity contribution is 0.306. The van der Waals surface area contributed by atoms with Crippen molar-refractivity contribution in [3.63, 3.8) is 0 Å². The van der Waals surface area contributed by atoms with Gasteiger partial charge in [-0.1, -0.05) is 44.2 Å². The first-order valence-corrected chi connectivity index (χ1v) is 11.3. The second kappa shape index (κ2) is 9.22. The molecule has 0 bridgehead atoms. The molecule has 0 aliphatic carbocycles. The van der Waals surface area contributed by atoms with Crippen LogP contribution in [0.3, 0.4) is 0 Å². The van der Waals surface area contributed by atoms with E-state index in [0.29, 0.717) is 29.4 Å². The van der Waals surface area contributed by atoms with Crippen molar-refractivity contribution in [1.82, 2.24) is 0 Å². The minimum atomic E-state index is -3.74. The molecule has 5 nitrogen and oxygen atoms in total. The van der Waals surface area contributed by atoms with Gasteiger partial charge < -0.3 is 9.47 Å². The number of aryl methyl sites for hydroxylation is 1. The van der Waals surface area contributed by atoms with Crippen LogP contribution in [0.15, 0.2) is 71.6 Å². The van der Waals surface area contributed by atoms with Crippen LogP contribution in [0.4, 0.5) is 5.69 Å². The molecule has 0 spiro atoms. The zero-order valence-corrected chi connectivity index (χ0v) is 18.5. The minimum Gasteiger partial charge on any atom is -0.496 e. The highest BCUT2D eigenvalue weighted by Gasteiger charge is 2.21. The van der Waals surface area contributed by atoms with Gasteiger partial charge in [0.05, 0.1) is 12.0 Å². The van der Waals surface area contributed by atoms with Crippen molar-refractivity contribution < 1.29 is 17.9 Å². The molecule has 30 heavy (non-hydrogen) atoms. The summed E-state index contributed by atoms with van der Waals surface area (Å²) < 4.78 is 39.8. The molecule has 3 aromatic carbocycles. The van der Waals surface area contributed by atoms with Crippen LogP contribution < -0.4 is 14.2 Å². The van der Waals surface area contributed by atoms with Crippen LogP contribution in [0.5, 0.6) is 11.5 Å². The molecule has 158 valence electrons. The summed E-state index contributed by atoms with van der Waals surface area (Å²) in [4.78, 5) is 0.247. The van der Waals surface area contributed by atoms with E-state index in [1.165, 1.54) is 0 Å². The standard InChI is InChI=1S/C24H27NO4S/c1-17(2)22-15-24(18(3)14-23(22)28-4)30(26,27)25-20-10-12-21(13-11-20)29-16-19-8-6-5-7-9-19/h5-15,17,25H,16H2,1-4H3. The lowest BCUT2D eigenvalue weighted by atomic mass is 10.0. The summed E-state index contributed by atoms with van der Waals surface area (Å²) in [5.41, 5.74) is 3.03. The van der Waals surface area contributed by atoms with Crippen molar-refractivity contribution in [2.75, 3.05) is 11.8 Å². The lowest BCUT2D eigenvalue weighted by Crippen LogP contribution is -2.15. The molecule has 0 aliphatic rings. The molecule has 0 amide bonds. The number of methoxy groups -OCH3 is 1. The van der Waals surface area contributed by atoms with E-state index in [1.54, 1.807) is 50.4 Å². The number of hydrogen-bond acceptors (Lipinski definition) is 4. The molecule has 0 aliphatic heterocycles. The Kier molecular flexibility index (Phi) is 6.67. The van der Waals surface area contributed by atoms with E-state index < -0.39 is 10.0 Å². The van der Waals surface area contributed by atoms with Crippen molar-refractivity contribution in [2.45, 2.75) is 38.2 Å². The third-order valence-corrected chi connectivity index (χ3v) is 6.32. The van der Waals surface area contributed by atoms with E-state index in [4.69, 9.17) is 9.47 Å². The molecule has 0 atom stereocenters. The second-order valence-corrected chi connectivity index (χ2v) is 9.07. The van der Waals surface area contributed by atoms with Crippen molar-refractivity contribution in [3.05, 3.63) is 83.4 Å². The molecule has 6 heteroatoms. The fourth-order valence-corrected chi connectivity index (χ4v) is 4.49. The summed E-state index contributed by atoms with van der Waals surface area (Å²) in [6.45, 7) is 6.23. The number of nitrogens with one attached hydrogen (secondary N) is 1. The normalized spacial score (nSPS) is 11.4. The molecular formula is C24H27NO4S. The van der Waals surface area contributed by atoms with Gasteiger partial charge in [-0.15, -0.1) is 0 Å². The van der Waals surface area contributed by atoms with Crippen LogP contribution in [-0.2, 0) is 16.6 Å². The SMILES string of the molecule is COc1cc(C)c(S(=O)(=O)Nc2ccc(OCc3ccccc3)cc2)cc1C(C)C. The predicted molar refractivity (Wildman–Crippen MR) is 120 cm³/mol. The number of hydrogen-bond donors (Lipinski definition) is 1. The van der Waals surface area contributed by atoms with Crippen molar-refractivity contribution in [2.24, 2.45) is 0 Å². The smallest absolute Gasteiger partial charge is 0.262 e. The maximum Gasteiger partial charge on any atom is 0.262 e. The summed E-state index contributed by atoms with van der Waals surface area (Å²) in [6.07, 6.45) is 0. The fraction of sp³-hybridized carbons (Fsp3) is 0.250. The van der Waals surface area contributed by atoms with Gasteiger partial charge >= 0.3 is 0 Å². The summed E-state index contributed by atoms with van der Waals surface area (Å²) in [5.74, 6) is 1.50. The zero-order chi connectivity index (χ0) is 21.7. The molecule has 1 N–H and O–H groups in total. The van der Waals surface area contributed by atoms with E-state index >= 15 is 0 Å². The number of rotatable bonds is 8. The van der Waals surface area contributed by atoms with Gasteiger partial charge in [0.15, 0.2) is 0 Å². The summed E-state index contributed by atoms with van der Waals surface area (Å²) >= 11 is 0. The molecule has 0 saturated heterocycles. The molecule has 3 aromatic rings. The summed E-state index contributed by atoms with van der Waals surface area (Å²) in [7, 11) is -2.15. The van der Waals surface area contributed by atoms with E-state index in [-0.39, 0.29) is 10.8 Å². The number of anilines is 1. The largest absolute Gasteiger partial charge is 0.496 e. The average Bonchev–Trinajstić information content (AvgIpc) is 2.73. The van der Waals surface area contributed by atoms with E-state index in [9.17, 15) is 8.42 Å². The predicted octanol–water partition coefficient (Wildman–Crippen LogP) is 5.51. The Morgan fingerprint density at radius 1 is 0.967 bits per heavy atom. The quantitative estimate of drug-likeness (QED) is 0.517. The third kappa shape index (κ3) is 5.13. The number of sulfonamides is 1. The highest BCUT2D eigenvalue weighted by Crippen LogP contribution is 2.32. The third-order valence-electron chi connectivity index (χ3n) is 4.79. The first-order valence-electron chi connectivity index (χ1n) is 9.78. The van der Waals surface area contributed by atoms with Gasteiger partial charge in [-0.2, -0.15) is 0 Å². The van der Waals surface area contributed by atoms with Crippen LogP contribution >= 0.6 is 0 Å².